The van der Waals surface area contributed by atoms with Crippen LogP contribution in [0.5, 0.6) is 5.75 Å². The molecule has 0 bridgehead atoms. The van der Waals surface area contributed by atoms with Crippen molar-refractivity contribution >= 4 is 12.1 Å². The fourth-order valence-corrected chi connectivity index (χ4v) is 4.40. The van der Waals surface area contributed by atoms with Crippen LogP contribution in [-0.2, 0) is 29.5 Å². The van der Waals surface area contributed by atoms with Gasteiger partial charge < -0.3 is 19.9 Å². The molecule has 0 radical (unpaired) electrons. The number of hydrogen-bond acceptors (Lipinski definition) is 7. The molecule has 36 heavy (non-hydrogen) atoms. The summed E-state index contributed by atoms with van der Waals surface area (Å²) >= 11 is 0. The minimum Gasteiger partial charge on any atom is -0.489 e. The first-order valence-corrected chi connectivity index (χ1v) is 12.1. The molecule has 2 N–H and O–H groups in total. The van der Waals surface area contributed by atoms with Crippen molar-refractivity contribution in [1.82, 2.24) is 25.3 Å². The molecule has 2 aromatic heterocycles. The molecule has 3 atom stereocenters. The highest BCUT2D eigenvalue weighted by atomic mass is 16.6. The SMILES string of the molecule is C[C@H](Cc1ccccc1)OC(=O)NCc1c(-c2ccc(O[C@H]3CCCC(C(=O)O)C3)cn2)nnn1C. The van der Waals surface area contributed by atoms with Crippen LogP contribution in [-0.4, -0.2) is 49.4 Å². The predicted octanol–water partition coefficient (Wildman–Crippen LogP) is 3.76. The van der Waals surface area contributed by atoms with Gasteiger partial charge in [0.2, 0.25) is 0 Å². The number of aromatic nitrogens is 4. The molecule has 190 valence electrons. The molecule has 3 aromatic rings. The second-order valence-electron chi connectivity index (χ2n) is 9.09. The number of carbonyl (C=O) groups excluding carboxylic acids is 1. The van der Waals surface area contributed by atoms with E-state index < -0.39 is 12.1 Å². The zero-order valence-corrected chi connectivity index (χ0v) is 20.5. The Balaban J connectivity index is 1.33. The van der Waals surface area contributed by atoms with Gasteiger partial charge in [-0.2, -0.15) is 0 Å². The summed E-state index contributed by atoms with van der Waals surface area (Å²) in [6, 6.07) is 13.4. The number of carboxylic acid groups (broad SMARTS) is 1. The van der Waals surface area contributed by atoms with E-state index in [2.05, 4.69) is 20.6 Å². The average molecular weight is 494 g/mol. The molecule has 4 rings (SSSR count). The third-order valence-electron chi connectivity index (χ3n) is 6.27. The van der Waals surface area contributed by atoms with E-state index in [1.807, 2.05) is 37.3 Å². The fraction of sp³-hybridized carbons (Fsp3) is 0.423. The van der Waals surface area contributed by atoms with Crippen molar-refractivity contribution in [3.05, 3.63) is 59.9 Å². The summed E-state index contributed by atoms with van der Waals surface area (Å²) in [5.74, 6) is -0.553. The van der Waals surface area contributed by atoms with Crippen molar-refractivity contribution in [3.8, 4) is 17.1 Å². The summed E-state index contributed by atoms with van der Waals surface area (Å²) in [7, 11) is 1.75. The first-order chi connectivity index (χ1) is 17.4. The lowest BCUT2D eigenvalue weighted by Gasteiger charge is -2.27. The van der Waals surface area contributed by atoms with Gasteiger partial charge in [0.05, 0.1) is 36.2 Å². The van der Waals surface area contributed by atoms with Crippen LogP contribution in [0.15, 0.2) is 48.7 Å². The molecular formula is C26H31N5O5. The van der Waals surface area contributed by atoms with Crippen LogP contribution in [0.2, 0.25) is 0 Å². The van der Waals surface area contributed by atoms with Gasteiger partial charge in [-0.15, -0.1) is 5.10 Å². The van der Waals surface area contributed by atoms with E-state index >= 15 is 0 Å². The van der Waals surface area contributed by atoms with Crippen molar-refractivity contribution < 1.29 is 24.2 Å². The topological polar surface area (TPSA) is 128 Å². The van der Waals surface area contributed by atoms with Crippen molar-refractivity contribution in [2.45, 2.75) is 57.8 Å². The molecule has 1 amide bonds. The predicted molar refractivity (Wildman–Crippen MR) is 131 cm³/mol. The summed E-state index contributed by atoms with van der Waals surface area (Å²) in [4.78, 5) is 28.1. The quantitative estimate of drug-likeness (QED) is 0.461. The van der Waals surface area contributed by atoms with Crippen LogP contribution in [0.25, 0.3) is 11.4 Å². The lowest BCUT2D eigenvalue weighted by Crippen LogP contribution is -2.29. The largest absolute Gasteiger partial charge is 0.489 e. The number of pyridine rings is 1. The van der Waals surface area contributed by atoms with Crippen molar-refractivity contribution in [2.75, 3.05) is 0 Å². The number of nitrogens with one attached hydrogen (secondary N) is 1. The smallest absolute Gasteiger partial charge is 0.407 e. The number of nitrogens with zero attached hydrogens (tertiary/aromatic N) is 4. The molecule has 1 aliphatic carbocycles. The van der Waals surface area contributed by atoms with Gasteiger partial charge in [0.15, 0.2) is 0 Å². The number of aryl methyl sites for hydroxylation is 1. The highest BCUT2D eigenvalue weighted by molar-refractivity contribution is 5.70. The molecular weight excluding hydrogens is 462 g/mol. The van der Waals surface area contributed by atoms with E-state index in [1.54, 1.807) is 30.1 Å². The summed E-state index contributed by atoms with van der Waals surface area (Å²) in [6.45, 7) is 2.03. The van der Waals surface area contributed by atoms with Gasteiger partial charge in [-0.25, -0.2) is 9.48 Å². The summed E-state index contributed by atoms with van der Waals surface area (Å²) in [5, 5.41) is 20.3. The number of carbonyl (C=O) groups is 2. The fourth-order valence-electron chi connectivity index (χ4n) is 4.40. The van der Waals surface area contributed by atoms with Crippen LogP contribution in [0.4, 0.5) is 4.79 Å². The molecule has 1 aliphatic rings. The van der Waals surface area contributed by atoms with Gasteiger partial charge in [0.25, 0.3) is 0 Å². The minimum atomic E-state index is -0.768. The average Bonchev–Trinajstić information content (AvgIpc) is 3.24. The van der Waals surface area contributed by atoms with Gasteiger partial charge in [-0.3, -0.25) is 9.78 Å². The molecule has 1 aromatic carbocycles. The highest BCUT2D eigenvalue weighted by Gasteiger charge is 2.28. The highest BCUT2D eigenvalue weighted by Crippen LogP contribution is 2.28. The van der Waals surface area contributed by atoms with Crippen LogP contribution >= 0.6 is 0 Å². The van der Waals surface area contributed by atoms with Crippen LogP contribution < -0.4 is 10.1 Å². The lowest BCUT2D eigenvalue weighted by atomic mass is 9.87. The second-order valence-corrected chi connectivity index (χ2v) is 9.09. The van der Waals surface area contributed by atoms with Crippen molar-refractivity contribution in [1.29, 1.82) is 0 Å². The number of amides is 1. The maximum atomic E-state index is 12.3. The number of carboxylic acids is 1. The van der Waals surface area contributed by atoms with Gasteiger partial charge in [0.1, 0.15) is 17.5 Å². The molecule has 10 heteroatoms. The van der Waals surface area contributed by atoms with Gasteiger partial charge >= 0.3 is 12.1 Å². The normalized spacial score (nSPS) is 18.3. The van der Waals surface area contributed by atoms with Crippen molar-refractivity contribution in [2.24, 2.45) is 13.0 Å². The van der Waals surface area contributed by atoms with E-state index in [0.717, 1.165) is 18.4 Å². The molecule has 0 aliphatic heterocycles. The Bertz CT molecular complexity index is 1170. The number of rotatable bonds is 9. The first-order valence-electron chi connectivity index (χ1n) is 12.1. The van der Waals surface area contributed by atoms with Gasteiger partial charge in [-0.1, -0.05) is 35.5 Å². The Morgan fingerprint density at radius 1 is 1.19 bits per heavy atom. The van der Waals surface area contributed by atoms with E-state index in [9.17, 15) is 14.7 Å². The molecule has 1 fully saturated rings. The molecule has 2 heterocycles. The third-order valence-corrected chi connectivity index (χ3v) is 6.27. The standard InChI is InChI=1S/C26H31N5O5/c1-17(13-18-7-4-3-5-8-18)35-26(34)28-16-23-24(29-30-31(23)2)22-12-11-21(15-27-22)36-20-10-6-9-19(14-20)25(32)33/h3-5,7-8,11-12,15,17,19-20H,6,9-10,13-14,16H2,1-2H3,(H,28,34)(H,32,33)/t17-,19?,20+/m1/s1. The molecule has 0 spiro atoms. The maximum absolute atomic E-state index is 12.3. The Kier molecular flexibility index (Phi) is 8.14. The lowest BCUT2D eigenvalue weighted by molar-refractivity contribution is -0.143. The third kappa shape index (κ3) is 6.59. The number of ether oxygens (including phenoxy) is 2. The zero-order chi connectivity index (χ0) is 25.5. The molecule has 0 saturated heterocycles. The monoisotopic (exact) mass is 493 g/mol. The molecule has 1 saturated carbocycles. The van der Waals surface area contributed by atoms with E-state index in [4.69, 9.17) is 9.47 Å². The summed E-state index contributed by atoms with van der Waals surface area (Å²) in [5.41, 5.74) is 2.91. The van der Waals surface area contributed by atoms with E-state index in [-0.39, 0.29) is 24.7 Å². The molecule has 1 unspecified atom stereocenters. The Hall–Kier alpha value is -3.95. The van der Waals surface area contributed by atoms with E-state index in [1.165, 1.54) is 0 Å². The Morgan fingerprint density at radius 3 is 2.72 bits per heavy atom. The number of benzene rings is 1. The summed E-state index contributed by atoms with van der Waals surface area (Å²) in [6.07, 6.45) is 4.14. The number of aliphatic carboxylic acids is 1. The number of hydrogen-bond donors (Lipinski definition) is 2. The van der Waals surface area contributed by atoms with Gasteiger partial charge in [-0.05, 0) is 50.3 Å². The van der Waals surface area contributed by atoms with Crippen molar-refractivity contribution in [3.63, 3.8) is 0 Å². The Labute approximate surface area is 209 Å². The van der Waals surface area contributed by atoms with E-state index in [0.29, 0.717) is 42.1 Å². The Morgan fingerprint density at radius 2 is 2.00 bits per heavy atom. The van der Waals surface area contributed by atoms with Crippen LogP contribution in [0.3, 0.4) is 0 Å². The van der Waals surface area contributed by atoms with Crippen LogP contribution in [0, 0.1) is 5.92 Å². The number of alkyl carbamates (subject to hydrolysis) is 1. The minimum absolute atomic E-state index is 0.140. The summed E-state index contributed by atoms with van der Waals surface area (Å²) < 4.78 is 13.0. The zero-order valence-electron chi connectivity index (χ0n) is 20.5. The maximum Gasteiger partial charge on any atom is 0.407 e. The molecule has 10 nitrogen and oxygen atoms in total. The van der Waals surface area contributed by atoms with Crippen LogP contribution in [0.1, 0.15) is 43.9 Å². The second kappa shape index (κ2) is 11.7. The first kappa shape index (κ1) is 25.2. The van der Waals surface area contributed by atoms with Gasteiger partial charge in [0, 0.05) is 13.5 Å².